The number of rotatable bonds is 2. The number of aryl methyl sites for hydroxylation is 1. The fraction of sp³-hybridized carbons (Fsp3) is 0.250. The molecule has 1 N–H and O–H groups in total. The maximum absolute atomic E-state index is 13.2. The minimum Gasteiger partial charge on any atom is -0.374 e. The topological polar surface area (TPSA) is 15.3 Å². The SMILES string of the molecule is CN1CCCc2cc(Nc3ccc(F)c(F)c3)ccc21. The van der Waals surface area contributed by atoms with Crippen molar-refractivity contribution in [3.05, 3.63) is 53.6 Å². The van der Waals surface area contributed by atoms with Crippen LogP contribution in [0.5, 0.6) is 0 Å². The molecule has 20 heavy (non-hydrogen) atoms. The maximum atomic E-state index is 13.2. The third kappa shape index (κ3) is 2.46. The highest BCUT2D eigenvalue weighted by atomic mass is 19.2. The lowest BCUT2D eigenvalue weighted by Gasteiger charge is -2.28. The second kappa shape index (κ2) is 5.12. The molecule has 0 aliphatic carbocycles. The number of nitrogens with zero attached hydrogens (tertiary/aromatic N) is 1. The van der Waals surface area contributed by atoms with Crippen molar-refractivity contribution in [1.29, 1.82) is 0 Å². The molecule has 1 aliphatic heterocycles. The maximum Gasteiger partial charge on any atom is 0.160 e. The van der Waals surface area contributed by atoms with Crippen LogP contribution in [0.25, 0.3) is 0 Å². The average Bonchev–Trinajstić information content (AvgIpc) is 2.43. The number of hydrogen-bond donors (Lipinski definition) is 1. The highest BCUT2D eigenvalue weighted by Gasteiger charge is 2.13. The smallest absolute Gasteiger partial charge is 0.160 e. The zero-order valence-electron chi connectivity index (χ0n) is 11.3. The summed E-state index contributed by atoms with van der Waals surface area (Å²) in [6.45, 7) is 1.07. The molecule has 4 heteroatoms. The van der Waals surface area contributed by atoms with Crippen LogP contribution in [-0.4, -0.2) is 13.6 Å². The van der Waals surface area contributed by atoms with Crippen LogP contribution in [0.4, 0.5) is 25.8 Å². The Kier molecular flexibility index (Phi) is 3.30. The molecule has 2 aromatic rings. The van der Waals surface area contributed by atoms with Crippen LogP contribution in [0.15, 0.2) is 36.4 Å². The molecule has 0 unspecified atom stereocenters. The molecule has 104 valence electrons. The van der Waals surface area contributed by atoms with E-state index >= 15 is 0 Å². The van der Waals surface area contributed by atoms with Gasteiger partial charge in [0.15, 0.2) is 11.6 Å². The van der Waals surface area contributed by atoms with E-state index in [4.69, 9.17) is 0 Å². The van der Waals surface area contributed by atoms with E-state index < -0.39 is 11.6 Å². The lowest BCUT2D eigenvalue weighted by Crippen LogP contribution is -2.24. The van der Waals surface area contributed by atoms with Gasteiger partial charge < -0.3 is 10.2 Å². The summed E-state index contributed by atoms with van der Waals surface area (Å²) in [5.74, 6) is -1.67. The number of anilines is 3. The van der Waals surface area contributed by atoms with E-state index in [0.29, 0.717) is 5.69 Å². The van der Waals surface area contributed by atoms with Crippen LogP contribution >= 0.6 is 0 Å². The molecular weight excluding hydrogens is 258 g/mol. The zero-order valence-corrected chi connectivity index (χ0v) is 11.3. The fourth-order valence-corrected chi connectivity index (χ4v) is 2.60. The average molecular weight is 274 g/mol. The number of hydrogen-bond acceptors (Lipinski definition) is 2. The molecule has 1 aliphatic rings. The summed E-state index contributed by atoms with van der Waals surface area (Å²) < 4.78 is 26.1. The summed E-state index contributed by atoms with van der Waals surface area (Å²) in [6.07, 6.45) is 2.19. The lowest BCUT2D eigenvalue weighted by atomic mass is 10.0. The normalized spacial score (nSPS) is 14.1. The molecule has 0 saturated carbocycles. The van der Waals surface area contributed by atoms with Crippen LogP contribution in [0.3, 0.4) is 0 Å². The second-order valence-corrected chi connectivity index (χ2v) is 5.12. The van der Waals surface area contributed by atoms with Gasteiger partial charge in [0, 0.05) is 36.7 Å². The molecule has 0 amide bonds. The van der Waals surface area contributed by atoms with Crippen LogP contribution in [0, 0.1) is 11.6 Å². The Morgan fingerprint density at radius 2 is 1.75 bits per heavy atom. The first-order chi connectivity index (χ1) is 9.63. The van der Waals surface area contributed by atoms with Gasteiger partial charge in [0.05, 0.1) is 0 Å². The van der Waals surface area contributed by atoms with Gasteiger partial charge in [-0.2, -0.15) is 0 Å². The van der Waals surface area contributed by atoms with Gasteiger partial charge in [-0.1, -0.05) is 0 Å². The van der Waals surface area contributed by atoms with Gasteiger partial charge in [-0.15, -0.1) is 0 Å². The molecule has 0 spiro atoms. The quantitative estimate of drug-likeness (QED) is 0.887. The molecule has 0 fully saturated rings. The summed E-state index contributed by atoms with van der Waals surface area (Å²) in [6, 6.07) is 9.93. The van der Waals surface area contributed by atoms with Crippen molar-refractivity contribution in [2.24, 2.45) is 0 Å². The van der Waals surface area contributed by atoms with E-state index in [1.165, 1.54) is 23.4 Å². The molecule has 3 rings (SSSR count). The largest absolute Gasteiger partial charge is 0.374 e. The summed E-state index contributed by atoms with van der Waals surface area (Å²) in [5.41, 5.74) is 3.97. The van der Waals surface area contributed by atoms with Crippen molar-refractivity contribution in [2.45, 2.75) is 12.8 Å². The van der Waals surface area contributed by atoms with Crippen molar-refractivity contribution in [3.8, 4) is 0 Å². The van der Waals surface area contributed by atoms with E-state index in [0.717, 1.165) is 31.1 Å². The van der Waals surface area contributed by atoms with Crippen molar-refractivity contribution in [3.63, 3.8) is 0 Å². The zero-order chi connectivity index (χ0) is 14.1. The molecule has 0 atom stereocenters. The number of nitrogens with one attached hydrogen (secondary N) is 1. The predicted molar refractivity (Wildman–Crippen MR) is 77.7 cm³/mol. The molecule has 1 heterocycles. The first-order valence-electron chi connectivity index (χ1n) is 6.69. The summed E-state index contributed by atoms with van der Waals surface area (Å²) >= 11 is 0. The van der Waals surface area contributed by atoms with E-state index in [1.54, 1.807) is 0 Å². The van der Waals surface area contributed by atoms with E-state index in [9.17, 15) is 8.78 Å². The molecular formula is C16H16F2N2. The first kappa shape index (κ1) is 12.9. The van der Waals surface area contributed by atoms with Crippen molar-refractivity contribution in [1.82, 2.24) is 0 Å². The number of benzene rings is 2. The highest BCUT2D eigenvalue weighted by molar-refractivity contribution is 5.66. The summed E-state index contributed by atoms with van der Waals surface area (Å²) in [4.78, 5) is 2.24. The van der Waals surface area contributed by atoms with Crippen molar-refractivity contribution < 1.29 is 8.78 Å². The Bertz CT molecular complexity index is 640. The van der Waals surface area contributed by atoms with Crippen molar-refractivity contribution in [2.75, 3.05) is 23.8 Å². The van der Waals surface area contributed by atoms with E-state index in [-0.39, 0.29) is 0 Å². The van der Waals surface area contributed by atoms with Gasteiger partial charge in [0.25, 0.3) is 0 Å². The van der Waals surface area contributed by atoms with E-state index in [2.05, 4.69) is 29.4 Å². The molecule has 0 aromatic heterocycles. The highest BCUT2D eigenvalue weighted by Crippen LogP contribution is 2.30. The van der Waals surface area contributed by atoms with Gasteiger partial charge >= 0.3 is 0 Å². The van der Waals surface area contributed by atoms with Gasteiger partial charge in [-0.3, -0.25) is 0 Å². The van der Waals surface area contributed by atoms with Crippen LogP contribution < -0.4 is 10.2 Å². The molecule has 0 saturated heterocycles. The monoisotopic (exact) mass is 274 g/mol. The Morgan fingerprint density at radius 3 is 2.55 bits per heavy atom. The number of fused-ring (bicyclic) bond motifs is 1. The minimum atomic E-state index is -0.840. The van der Waals surface area contributed by atoms with Crippen LogP contribution in [0.1, 0.15) is 12.0 Å². The van der Waals surface area contributed by atoms with Crippen LogP contribution in [-0.2, 0) is 6.42 Å². The van der Waals surface area contributed by atoms with Gasteiger partial charge in [0.2, 0.25) is 0 Å². The Hall–Kier alpha value is -2.10. The second-order valence-electron chi connectivity index (χ2n) is 5.12. The molecule has 0 bridgehead atoms. The minimum absolute atomic E-state index is 0.549. The van der Waals surface area contributed by atoms with Gasteiger partial charge in [-0.05, 0) is 48.7 Å². The fourth-order valence-electron chi connectivity index (χ4n) is 2.60. The van der Waals surface area contributed by atoms with Gasteiger partial charge in [0.1, 0.15) is 0 Å². The lowest BCUT2D eigenvalue weighted by molar-refractivity contribution is 0.509. The van der Waals surface area contributed by atoms with Crippen LogP contribution in [0.2, 0.25) is 0 Å². The summed E-state index contributed by atoms with van der Waals surface area (Å²) in [7, 11) is 2.08. The Balaban J connectivity index is 1.86. The van der Waals surface area contributed by atoms with E-state index in [1.807, 2.05) is 6.07 Å². The summed E-state index contributed by atoms with van der Waals surface area (Å²) in [5, 5.41) is 3.11. The molecule has 0 radical (unpaired) electrons. The number of halogens is 2. The first-order valence-corrected chi connectivity index (χ1v) is 6.69. The van der Waals surface area contributed by atoms with Crippen molar-refractivity contribution >= 4 is 17.1 Å². The van der Waals surface area contributed by atoms with Gasteiger partial charge in [-0.25, -0.2) is 8.78 Å². The third-order valence-corrected chi connectivity index (χ3v) is 3.64. The Morgan fingerprint density at radius 1 is 1.00 bits per heavy atom. The predicted octanol–water partition coefficient (Wildman–Crippen LogP) is 4.09. The third-order valence-electron chi connectivity index (χ3n) is 3.64. The Labute approximate surface area is 117 Å². The molecule has 2 nitrogen and oxygen atoms in total. The standard InChI is InChI=1S/C16H16F2N2/c1-20-8-2-3-11-9-12(5-7-16(11)20)19-13-4-6-14(17)15(18)10-13/h4-7,9-10,19H,2-3,8H2,1H3. The molecule has 2 aromatic carbocycles.